The zero-order chi connectivity index (χ0) is 13.7. The first-order valence-corrected chi connectivity index (χ1v) is 7.85. The molecule has 19 heavy (non-hydrogen) atoms. The van der Waals surface area contributed by atoms with Crippen LogP contribution in [-0.4, -0.2) is 18.6 Å². The lowest BCUT2D eigenvalue weighted by Crippen LogP contribution is -2.33. The maximum absolute atomic E-state index is 6.03. The zero-order valence-electron chi connectivity index (χ0n) is 11.4. The zero-order valence-corrected chi connectivity index (χ0v) is 12.9. The van der Waals surface area contributed by atoms with Crippen molar-refractivity contribution in [1.82, 2.24) is 5.32 Å². The molecule has 0 bridgehead atoms. The summed E-state index contributed by atoms with van der Waals surface area (Å²) < 4.78 is 0. The first-order chi connectivity index (χ1) is 9.15. The van der Waals surface area contributed by atoms with Gasteiger partial charge in [0.15, 0.2) is 0 Å². The van der Waals surface area contributed by atoms with Crippen LogP contribution in [0.15, 0.2) is 18.2 Å². The Morgan fingerprint density at radius 1 is 1.26 bits per heavy atom. The van der Waals surface area contributed by atoms with Crippen molar-refractivity contribution in [2.24, 2.45) is 0 Å². The van der Waals surface area contributed by atoms with E-state index in [0.717, 1.165) is 18.7 Å². The Morgan fingerprint density at radius 2 is 2.11 bits per heavy atom. The van der Waals surface area contributed by atoms with Gasteiger partial charge in [-0.25, -0.2) is 0 Å². The minimum Gasteiger partial charge on any atom is -0.382 e. The van der Waals surface area contributed by atoms with Gasteiger partial charge in [0.05, 0.1) is 10.0 Å². The van der Waals surface area contributed by atoms with Crippen LogP contribution in [0.1, 0.15) is 39.0 Å². The van der Waals surface area contributed by atoms with E-state index in [1.165, 1.54) is 25.7 Å². The minimum atomic E-state index is 0.424. The van der Waals surface area contributed by atoms with Crippen LogP contribution in [0.5, 0.6) is 0 Å². The predicted molar refractivity (Wildman–Crippen MR) is 84.4 cm³/mol. The van der Waals surface area contributed by atoms with Crippen molar-refractivity contribution in [1.29, 1.82) is 0 Å². The number of rotatable bonds is 4. The average Bonchev–Trinajstić information content (AvgIpc) is 2.62. The molecule has 0 spiro atoms. The van der Waals surface area contributed by atoms with Crippen LogP contribution in [0.3, 0.4) is 0 Å². The quantitative estimate of drug-likeness (QED) is 0.841. The molecule has 2 rings (SSSR count). The molecule has 1 heterocycles. The molecule has 0 radical (unpaired) electrons. The maximum atomic E-state index is 6.03. The van der Waals surface area contributed by atoms with Gasteiger partial charge < -0.3 is 10.6 Å². The highest BCUT2D eigenvalue weighted by Gasteiger charge is 2.14. The van der Waals surface area contributed by atoms with Crippen molar-refractivity contribution >= 4 is 28.9 Å². The van der Waals surface area contributed by atoms with Gasteiger partial charge in [-0.05, 0) is 50.9 Å². The molecule has 1 fully saturated rings. The summed E-state index contributed by atoms with van der Waals surface area (Å²) in [6.45, 7) is 3.37. The second-order valence-electron chi connectivity index (χ2n) is 5.41. The molecule has 0 amide bonds. The Hall–Kier alpha value is -0.440. The fourth-order valence-corrected chi connectivity index (χ4v) is 2.96. The van der Waals surface area contributed by atoms with E-state index in [-0.39, 0.29) is 0 Å². The molecule has 106 valence electrons. The fourth-order valence-electron chi connectivity index (χ4n) is 2.66. The average molecular weight is 301 g/mol. The van der Waals surface area contributed by atoms with Gasteiger partial charge in [0.1, 0.15) is 0 Å². The lowest BCUT2D eigenvalue weighted by atomic mass is 10.0. The van der Waals surface area contributed by atoms with E-state index >= 15 is 0 Å². The molecular weight excluding hydrogens is 279 g/mol. The van der Waals surface area contributed by atoms with Crippen molar-refractivity contribution in [3.05, 3.63) is 28.2 Å². The third-order valence-corrected chi connectivity index (χ3v) is 4.37. The molecule has 2 atom stereocenters. The van der Waals surface area contributed by atoms with Crippen LogP contribution < -0.4 is 10.6 Å². The summed E-state index contributed by atoms with van der Waals surface area (Å²) in [5.74, 6) is 0. The van der Waals surface area contributed by atoms with Gasteiger partial charge in [0, 0.05) is 17.8 Å². The third-order valence-electron chi connectivity index (χ3n) is 3.63. The molecule has 2 unspecified atom stereocenters. The summed E-state index contributed by atoms with van der Waals surface area (Å²) >= 11 is 11.9. The molecule has 1 aliphatic heterocycles. The van der Waals surface area contributed by atoms with Gasteiger partial charge in [0.2, 0.25) is 0 Å². The van der Waals surface area contributed by atoms with Crippen LogP contribution >= 0.6 is 23.2 Å². The standard InChI is InChI=1S/C15H22Cl2N2/c1-11(9-12-5-3-2-4-8-18-12)19-13-6-7-14(16)15(17)10-13/h6-7,10-12,18-19H,2-5,8-9H2,1H3. The highest BCUT2D eigenvalue weighted by molar-refractivity contribution is 6.42. The van der Waals surface area contributed by atoms with Gasteiger partial charge in [-0.1, -0.05) is 36.0 Å². The summed E-state index contributed by atoms with van der Waals surface area (Å²) in [4.78, 5) is 0. The Bertz CT molecular complexity index is 401. The first kappa shape index (κ1) is 15.0. The number of hydrogen-bond acceptors (Lipinski definition) is 2. The van der Waals surface area contributed by atoms with E-state index in [0.29, 0.717) is 22.1 Å². The van der Waals surface area contributed by atoms with Gasteiger partial charge in [-0.3, -0.25) is 0 Å². The number of halogens is 2. The maximum Gasteiger partial charge on any atom is 0.0612 e. The van der Waals surface area contributed by atoms with Crippen molar-refractivity contribution in [2.75, 3.05) is 11.9 Å². The molecular formula is C15H22Cl2N2. The number of nitrogens with one attached hydrogen (secondary N) is 2. The predicted octanol–water partition coefficient (Wildman–Crippen LogP) is 4.72. The van der Waals surface area contributed by atoms with E-state index in [2.05, 4.69) is 17.6 Å². The van der Waals surface area contributed by atoms with Gasteiger partial charge in [-0.2, -0.15) is 0 Å². The lowest BCUT2D eigenvalue weighted by molar-refractivity contribution is 0.456. The fraction of sp³-hybridized carbons (Fsp3) is 0.600. The highest BCUT2D eigenvalue weighted by Crippen LogP contribution is 2.25. The molecule has 1 aromatic carbocycles. The van der Waals surface area contributed by atoms with E-state index in [1.54, 1.807) is 0 Å². The highest BCUT2D eigenvalue weighted by atomic mass is 35.5. The van der Waals surface area contributed by atoms with Crippen molar-refractivity contribution in [3.8, 4) is 0 Å². The van der Waals surface area contributed by atoms with Crippen molar-refractivity contribution < 1.29 is 0 Å². The summed E-state index contributed by atoms with van der Waals surface area (Å²) in [6.07, 6.45) is 6.44. The number of anilines is 1. The molecule has 1 saturated heterocycles. The van der Waals surface area contributed by atoms with Crippen LogP contribution in [0.2, 0.25) is 10.0 Å². The molecule has 1 aromatic rings. The largest absolute Gasteiger partial charge is 0.382 e. The molecule has 4 heteroatoms. The van der Waals surface area contributed by atoms with Crippen molar-refractivity contribution in [2.45, 2.75) is 51.1 Å². The summed E-state index contributed by atoms with van der Waals surface area (Å²) in [7, 11) is 0. The van der Waals surface area contributed by atoms with Crippen LogP contribution in [0, 0.1) is 0 Å². The van der Waals surface area contributed by atoms with E-state index in [1.807, 2.05) is 18.2 Å². The topological polar surface area (TPSA) is 24.1 Å². The molecule has 0 aromatic heterocycles. The second kappa shape index (κ2) is 7.37. The van der Waals surface area contributed by atoms with E-state index in [9.17, 15) is 0 Å². The molecule has 2 nitrogen and oxygen atoms in total. The summed E-state index contributed by atoms with van der Waals surface area (Å²) in [6, 6.07) is 6.76. The molecule has 0 saturated carbocycles. The monoisotopic (exact) mass is 300 g/mol. The van der Waals surface area contributed by atoms with Crippen LogP contribution in [0.25, 0.3) is 0 Å². The van der Waals surface area contributed by atoms with Crippen molar-refractivity contribution in [3.63, 3.8) is 0 Å². The Morgan fingerprint density at radius 3 is 2.89 bits per heavy atom. The summed E-state index contributed by atoms with van der Waals surface area (Å²) in [5, 5.41) is 8.33. The second-order valence-corrected chi connectivity index (χ2v) is 6.22. The third kappa shape index (κ3) is 4.87. The Labute approximate surface area is 125 Å². The SMILES string of the molecule is CC(CC1CCCCCN1)Nc1ccc(Cl)c(Cl)c1. The normalized spacial score (nSPS) is 21.7. The van der Waals surface area contributed by atoms with Gasteiger partial charge in [0.25, 0.3) is 0 Å². The molecule has 1 aliphatic rings. The van der Waals surface area contributed by atoms with E-state index in [4.69, 9.17) is 23.2 Å². The lowest BCUT2D eigenvalue weighted by Gasteiger charge is -2.22. The van der Waals surface area contributed by atoms with Crippen LogP contribution in [-0.2, 0) is 0 Å². The number of hydrogen-bond donors (Lipinski definition) is 2. The number of benzene rings is 1. The minimum absolute atomic E-state index is 0.424. The summed E-state index contributed by atoms with van der Waals surface area (Å²) in [5.41, 5.74) is 1.04. The first-order valence-electron chi connectivity index (χ1n) is 7.10. The Balaban J connectivity index is 1.85. The van der Waals surface area contributed by atoms with Gasteiger partial charge in [-0.15, -0.1) is 0 Å². The van der Waals surface area contributed by atoms with Crippen LogP contribution in [0.4, 0.5) is 5.69 Å². The molecule has 0 aliphatic carbocycles. The van der Waals surface area contributed by atoms with Gasteiger partial charge >= 0.3 is 0 Å². The molecule has 2 N–H and O–H groups in total. The smallest absolute Gasteiger partial charge is 0.0612 e. The Kier molecular flexibility index (Phi) is 5.80. The van der Waals surface area contributed by atoms with E-state index < -0.39 is 0 Å².